The fourth-order valence-electron chi connectivity index (χ4n) is 3.10. The van der Waals surface area contributed by atoms with Crippen LogP contribution in [0.2, 0.25) is 0 Å². The molecule has 9 heteroatoms. The molecule has 154 valence electrons. The average Bonchev–Trinajstić information content (AvgIpc) is 2.99. The van der Waals surface area contributed by atoms with Crippen LogP contribution in [0.25, 0.3) is 11.0 Å². The Morgan fingerprint density at radius 2 is 1.90 bits per heavy atom. The molecule has 1 unspecified atom stereocenters. The lowest BCUT2D eigenvalue weighted by Crippen LogP contribution is -2.33. The molecule has 3 rings (SSSR count). The number of aromatic nitrogens is 2. The number of imidazole rings is 1. The number of carbonyl (C=O) groups is 1. The van der Waals surface area contributed by atoms with Gasteiger partial charge in [0.2, 0.25) is 15.9 Å². The summed E-state index contributed by atoms with van der Waals surface area (Å²) in [6.45, 7) is 4.14. The van der Waals surface area contributed by atoms with E-state index in [0.29, 0.717) is 10.7 Å². The molecule has 3 N–H and O–H groups in total. The molecule has 0 aliphatic rings. The monoisotopic (exact) mass is 432 g/mol. The Morgan fingerprint density at radius 3 is 2.52 bits per heavy atom. The van der Waals surface area contributed by atoms with Crippen LogP contribution in [0.1, 0.15) is 25.5 Å². The number of nitrogens with one attached hydrogen (secondary N) is 1. The number of primary sulfonamides is 1. The molecule has 7 nitrogen and oxygen atoms in total. The maximum absolute atomic E-state index is 12.6. The average molecular weight is 433 g/mol. The molecule has 29 heavy (non-hydrogen) atoms. The van der Waals surface area contributed by atoms with Crippen LogP contribution in [0.5, 0.6) is 0 Å². The minimum absolute atomic E-state index is 0.0139. The highest BCUT2D eigenvalue weighted by Crippen LogP contribution is 2.26. The van der Waals surface area contributed by atoms with Crippen molar-refractivity contribution in [2.24, 2.45) is 18.1 Å². The predicted molar refractivity (Wildman–Crippen MR) is 115 cm³/mol. The number of benzene rings is 2. The molecule has 1 aromatic heterocycles. The number of hydrogen-bond acceptors (Lipinski definition) is 5. The summed E-state index contributed by atoms with van der Waals surface area (Å²) in [6.07, 6.45) is 0. The Balaban J connectivity index is 1.72. The normalized spacial score (nSPS) is 13.0. The summed E-state index contributed by atoms with van der Waals surface area (Å²) >= 11 is 1.30. The van der Waals surface area contributed by atoms with Gasteiger partial charge in [0.25, 0.3) is 0 Å². The Kier molecular flexibility index (Phi) is 6.30. The molecule has 0 aliphatic carbocycles. The molecule has 1 amide bonds. The van der Waals surface area contributed by atoms with Gasteiger partial charge in [-0.1, -0.05) is 55.9 Å². The lowest BCUT2D eigenvalue weighted by molar-refractivity contribution is -0.119. The first kappa shape index (κ1) is 21.4. The van der Waals surface area contributed by atoms with Crippen LogP contribution >= 0.6 is 11.8 Å². The first-order valence-electron chi connectivity index (χ1n) is 9.13. The second-order valence-electron chi connectivity index (χ2n) is 7.14. The fourth-order valence-corrected chi connectivity index (χ4v) is 4.44. The molecular formula is C20H24N4O3S2. The standard InChI is InChI=1S/C20H24N4O3S2/c1-13(2)19(14-7-5-4-6-8-14)23-18(25)12-28-20-22-16-11-15(29(21,26)27)9-10-17(16)24(20)3/h4-11,13,19H,12H2,1-3H3,(H,23,25)(H2,21,26,27). The van der Waals surface area contributed by atoms with Crippen LogP contribution in [0.15, 0.2) is 58.6 Å². The zero-order valence-corrected chi connectivity index (χ0v) is 18.1. The van der Waals surface area contributed by atoms with Crippen molar-refractivity contribution in [3.05, 3.63) is 54.1 Å². The van der Waals surface area contributed by atoms with E-state index in [1.54, 1.807) is 6.07 Å². The van der Waals surface area contributed by atoms with E-state index in [1.165, 1.54) is 23.9 Å². The summed E-state index contributed by atoms with van der Waals surface area (Å²) in [5, 5.41) is 8.91. The molecule has 3 aromatic rings. The van der Waals surface area contributed by atoms with Crippen molar-refractivity contribution < 1.29 is 13.2 Å². The number of hydrogen-bond donors (Lipinski definition) is 2. The minimum Gasteiger partial charge on any atom is -0.348 e. The van der Waals surface area contributed by atoms with Gasteiger partial charge >= 0.3 is 0 Å². The number of sulfonamides is 1. The van der Waals surface area contributed by atoms with Crippen molar-refractivity contribution >= 4 is 38.7 Å². The first-order chi connectivity index (χ1) is 13.7. The van der Waals surface area contributed by atoms with Crippen LogP contribution in [-0.2, 0) is 21.9 Å². The number of aryl methyl sites for hydroxylation is 1. The summed E-state index contributed by atoms with van der Waals surface area (Å²) < 4.78 is 24.9. The van der Waals surface area contributed by atoms with Gasteiger partial charge in [0.05, 0.1) is 27.7 Å². The van der Waals surface area contributed by atoms with Gasteiger partial charge in [0.15, 0.2) is 5.16 Å². The van der Waals surface area contributed by atoms with Crippen LogP contribution < -0.4 is 10.5 Å². The van der Waals surface area contributed by atoms with Crippen molar-refractivity contribution in [1.29, 1.82) is 0 Å². The number of fused-ring (bicyclic) bond motifs is 1. The summed E-state index contributed by atoms with van der Waals surface area (Å²) in [4.78, 5) is 17.0. The Morgan fingerprint density at radius 1 is 1.21 bits per heavy atom. The summed E-state index contributed by atoms with van der Waals surface area (Å²) in [6, 6.07) is 14.4. The highest BCUT2D eigenvalue weighted by molar-refractivity contribution is 7.99. The summed E-state index contributed by atoms with van der Waals surface area (Å²) in [5.74, 6) is 0.364. The third-order valence-corrected chi connectivity index (χ3v) is 6.55. The number of nitrogens with two attached hydrogens (primary N) is 1. The molecule has 0 radical (unpaired) electrons. The topological polar surface area (TPSA) is 107 Å². The SMILES string of the molecule is CC(C)C(NC(=O)CSc1nc2cc(S(N)(=O)=O)ccc2n1C)c1ccccc1. The van der Waals surface area contributed by atoms with Gasteiger partial charge in [0.1, 0.15) is 0 Å². The maximum atomic E-state index is 12.6. The van der Waals surface area contributed by atoms with Crippen LogP contribution in [-0.4, -0.2) is 29.6 Å². The molecule has 0 fully saturated rings. The van der Waals surface area contributed by atoms with Crippen LogP contribution in [0.3, 0.4) is 0 Å². The third kappa shape index (κ3) is 4.98. The summed E-state index contributed by atoms with van der Waals surface area (Å²) in [7, 11) is -1.97. The van der Waals surface area contributed by atoms with Crippen LogP contribution in [0.4, 0.5) is 0 Å². The fraction of sp³-hybridized carbons (Fsp3) is 0.300. The van der Waals surface area contributed by atoms with Crippen molar-refractivity contribution in [2.45, 2.75) is 29.9 Å². The largest absolute Gasteiger partial charge is 0.348 e. The summed E-state index contributed by atoms with van der Waals surface area (Å²) in [5.41, 5.74) is 2.36. The zero-order valence-electron chi connectivity index (χ0n) is 16.5. The highest BCUT2D eigenvalue weighted by atomic mass is 32.2. The van der Waals surface area contributed by atoms with Crippen molar-refractivity contribution in [3.8, 4) is 0 Å². The van der Waals surface area contributed by atoms with E-state index in [2.05, 4.69) is 24.1 Å². The van der Waals surface area contributed by atoms with E-state index in [4.69, 9.17) is 5.14 Å². The highest BCUT2D eigenvalue weighted by Gasteiger charge is 2.19. The van der Waals surface area contributed by atoms with Gasteiger partial charge < -0.3 is 9.88 Å². The van der Waals surface area contributed by atoms with E-state index >= 15 is 0 Å². The number of nitrogens with zero attached hydrogens (tertiary/aromatic N) is 2. The number of thioether (sulfide) groups is 1. The van der Waals surface area contributed by atoms with Crippen molar-refractivity contribution in [3.63, 3.8) is 0 Å². The first-order valence-corrected chi connectivity index (χ1v) is 11.7. The van der Waals surface area contributed by atoms with E-state index in [-0.39, 0.29) is 28.5 Å². The van der Waals surface area contributed by atoms with Gasteiger partial charge in [-0.15, -0.1) is 0 Å². The van der Waals surface area contributed by atoms with E-state index in [1.807, 2.05) is 41.9 Å². The van der Waals surface area contributed by atoms with E-state index in [0.717, 1.165) is 11.1 Å². The number of rotatable bonds is 7. The molecule has 0 bridgehead atoms. The Bertz CT molecular complexity index is 1130. The molecule has 0 aliphatic heterocycles. The van der Waals surface area contributed by atoms with Crippen LogP contribution in [0, 0.1) is 5.92 Å². The van der Waals surface area contributed by atoms with Gasteiger partial charge in [-0.25, -0.2) is 18.5 Å². The number of carbonyl (C=O) groups excluding carboxylic acids is 1. The second-order valence-corrected chi connectivity index (χ2v) is 9.64. The molecular weight excluding hydrogens is 408 g/mol. The quantitative estimate of drug-likeness (QED) is 0.558. The molecule has 0 spiro atoms. The third-order valence-electron chi connectivity index (χ3n) is 4.61. The van der Waals surface area contributed by atoms with E-state index in [9.17, 15) is 13.2 Å². The lowest BCUT2D eigenvalue weighted by Gasteiger charge is -2.22. The van der Waals surface area contributed by atoms with Crippen molar-refractivity contribution in [2.75, 3.05) is 5.75 Å². The smallest absolute Gasteiger partial charge is 0.238 e. The minimum atomic E-state index is -3.79. The molecule has 2 aromatic carbocycles. The molecule has 0 saturated heterocycles. The van der Waals surface area contributed by atoms with E-state index < -0.39 is 10.0 Å². The lowest BCUT2D eigenvalue weighted by atomic mass is 9.96. The van der Waals surface area contributed by atoms with Gasteiger partial charge in [-0.3, -0.25) is 4.79 Å². The van der Waals surface area contributed by atoms with Gasteiger partial charge in [0, 0.05) is 7.05 Å². The molecule has 1 heterocycles. The Labute approximate surface area is 174 Å². The van der Waals surface area contributed by atoms with Gasteiger partial charge in [-0.2, -0.15) is 0 Å². The zero-order chi connectivity index (χ0) is 21.2. The van der Waals surface area contributed by atoms with Crippen molar-refractivity contribution in [1.82, 2.24) is 14.9 Å². The number of amides is 1. The Hall–Kier alpha value is -2.36. The second kappa shape index (κ2) is 8.56. The molecule has 1 atom stereocenters. The maximum Gasteiger partial charge on any atom is 0.238 e. The molecule has 0 saturated carbocycles. The predicted octanol–water partition coefficient (Wildman–Crippen LogP) is 2.83. The van der Waals surface area contributed by atoms with Gasteiger partial charge in [-0.05, 0) is 29.7 Å².